The molecule has 3 rings (SSSR count). The first kappa shape index (κ1) is 17.7. The number of halogens is 2. The number of rotatable bonds is 6. The van der Waals surface area contributed by atoms with Gasteiger partial charge in [-0.1, -0.05) is 6.92 Å². The van der Waals surface area contributed by atoms with Crippen LogP contribution in [0.3, 0.4) is 0 Å². The number of nitrogens with one attached hydrogen (secondary N) is 1. The second-order valence-corrected chi connectivity index (χ2v) is 5.65. The molecule has 134 valence electrons. The Morgan fingerprint density at radius 3 is 2.73 bits per heavy atom. The maximum atomic E-state index is 14.1. The monoisotopic (exact) mass is 356 g/mol. The summed E-state index contributed by atoms with van der Waals surface area (Å²) in [5, 5.41) is 3.04. The summed E-state index contributed by atoms with van der Waals surface area (Å²) >= 11 is 0. The molecule has 0 aliphatic carbocycles. The molecule has 0 fully saturated rings. The quantitative estimate of drug-likeness (QED) is 0.701. The Bertz CT molecular complexity index is 900. The summed E-state index contributed by atoms with van der Waals surface area (Å²) in [5.74, 6) is -1.68. The van der Waals surface area contributed by atoms with Crippen molar-refractivity contribution in [2.45, 2.75) is 25.8 Å². The molecule has 3 aromatic heterocycles. The van der Waals surface area contributed by atoms with Gasteiger partial charge in [0, 0.05) is 43.3 Å². The number of aromatic nitrogens is 4. The standard InChI is InChI=1S/C18H18F2N6/c1-2-18(19,20)14-5-8-22-10-12(14)11-25-15-6-9-24-17(26-15)13-4-3-7-23-16(13)21/h3-10H,2,11H2,1H3,(H2,21,23)(H,24,25,26). The zero-order valence-corrected chi connectivity index (χ0v) is 14.2. The van der Waals surface area contributed by atoms with Crippen molar-refractivity contribution in [1.82, 2.24) is 19.9 Å². The molecule has 0 aliphatic rings. The van der Waals surface area contributed by atoms with Crippen LogP contribution in [0.2, 0.25) is 0 Å². The summed E-state index contributed by atoms with van der Waals surface area (Å²) in [6.45, 7) is 1.62. The number of nitrogen functional groups attached to an aromatic ring is 1. The number of nitrogens with two attached hydrogens (primary N) is 1. The molecule has 0 saturated heterocycles. The number of hydrogen-bond donors (Lipinski definition) is 2. The third kappa shape index (κ3) is 3.74. The predicted octanol–water partition coefficient (Wildman–Crippen LogP) is 3.63. The van der Waals surface area contributed by atoms with Gasteiger partial charge in [0.1, 0.15) is 11.6 Å². The lowest BCUT2D eigenvalue weighted by Crippen LogP contribution is -2.16. The molecule has 3 aromatic rings. The van der Waals surface area contributed by atoms with Crippen molar-refractivity contribution in [3.8, 4) is 11.4 Å². The fraction of sp³-hybridized carbons (Fsp3) is 0.222. The van der Waals surface area contributed by atoms with Gasteiger partial charge in [-0.15, -0.1) is 0 Å². The second-order valence-electron chi connectivity index (χ2n) is 5.65. The first-order chi connectivity index (χ1) is 12.5. The van der Waals surface area contributed by atoms with Crippen molar-refractivity contribution in [3.05, 3.63) is 60.2 Å². The molecule has 3 heterocycles. The molecule has 3 N–H and O–H groups in total. The average molecular weight is 356 g/mol. The second kappa shape index (κ2) is 7.38. The number of alkyl halides is 2. The Balaban J connectivity index is 1.82. The first-order valence-corrected chi connectivity index (χ1v) is 8.10. The van der Waals surface area contributed by atoms with Crippen LogP contribution in [0.25, 0.3) is 11.4 Å². The number of pyridine rings is 2. The van der Waals surface area contributed by atoms with Crippen LogP contribution >= 0.6 is 0 Å². The highest BCUT2D eigenvalue weighted by molar-refractivity contribution is 5.68. The van der Waals surface area contributed by atoms with Gasteiger partial charge in [-0.3, -0.25) is 4.98 Å². The van der Waals surface area contributed by atoms with Gasteiger partial charge in [0.2, 0.25) is 0 Å². The highest BCUT2D eigenvalue weighted by Gasteiger charge is 2.31. The Labute approximate surface area is 149 Å². The van der Waals surface area contributed by atoms with Crippen LogP contribution in [-0.2, 0) is 12.5 Å². The van der Waals surface area contributed by atoms with Crippen molar-refractivity contribution in [2.75, 3.05) is 11.1 Å². The van der Waals surface area contributed by atoms with Crippen LogP contribution in [0.15, 0.2) is 49.1 Å². The molecule has 0 spiro atoms. The van der Waals surface area contributed by atoms with Crippen molar-refractivity contribution in [2.24, 2.45) is 0 Å². The van der Waals surface area contributed by atoms with Crippen LogP contribution in [0, 0.1) is 0 Å². The molecule has 0 amide bonds. The van der Waals surface area contributed by atoms with Crippen molar-refractivity contribution < 1.29 is 8.78 Å². The van der Waals surface area contributed by atoms with Gasteiger partial charge in [-0.2, -0.15) is 0 Å². The smallest absolute Gasteiger partial charge is 0.273 e. The van der Waals surface area contributed by atoms with Crippen LogP contribution in [0.5, 0.6) is 0 Å². The average Bonchev–Trinajstić information content (AvgIpc) is 2.67. The molecule has 0 saturated carbocycles. The van der Waals surface area contributed by atoms with E-state index in [1.165, 1.54) is 25.4 Å². The van der Waals surface area contributed by atoms with Crippen molar-refractivity contribution >= 4 is 11.6 Å². The summed E-state index contributed by atoms with van der Waals surface area (Å²) in [7, 11) is 0. The summed E-state index contributed by atoms with van der Waals surface area (Å²) < 4.78 is 28.2. The minimum atomic E-state index is -2.90. The van der Waals surface area contributed by atoms with E-state index in [2.05, 4.69) is 25.3 Å². The van der Waals surface area contributed by atoms with E-state index >= 15 is 0 Å². The van der Waals surface area contributed by atoms with Crippen molar-refractivity contribution in [3.63, 3.8) is 0 Å². The summed E-state index contributed by atoms with van der Waals surface area (Å²) in [6.07, 6.45) is 5.69. The van der Waals surface area contributed by atoms with E-state index < -0.39 is 5.92 Å². The van der Waals surface area contributed by atoms with Gasteiger partial charge in [-0.05, 0) is 29.8 Å². The van der Waals surface area contributed by atoms with Crippen LogP contribution in [0.1, 0.15) is 24.5 Å². The van der Waals surface area contributed by atoms with Crippen LogP contribution in [-0.4, -0.2) is 19.9 Å². The minimum Gasteiger partial charge on any atom is -0.383 e. The Kier molecular flexibility index (Phi) is 5.01. The molecule has 0 atom stereocenters. The van der Waals surface area contributed by atoms with Gasteiger partial charge < -0.3 is 11.1 Å². The van der Waals surface area contributed by atoms with E-state index in [-0.39, 0.29) is 18.5 Å². The Hall–Kier alpha value is -3.16. The SMILES string of the molecule is CCC(F)(F)c1ccncc1CNc1ccnc(-c2cccnc2N)n1. The zero-order valence-electron chi connectivity index (χ0n) is 14.2. The fourth-order valence-electron chi connectivity index (χ4n) is 2.49. The van der Waals surface area contributed by atoms with E-state index in [4.69, 9.17) is 5.73 Å². The molecule has 0 aliphatic heterocycles. The van der Waals surface area contributed by atoms with Crippen LogP contribution in [0.4, 0.5) is 20.4 Å². The van der Waals surface area contributed by atoms with E-state index in [0.717, 1.165) is 0 Å². The Morgan fingerprint density at radius 2 is 1.96 bits per heavy atom. The van der Waals surface area contributed by atoms with E-state index in [1.807, 2.05) is 0 Å². The zero-order chi connectivity index (χ0) is 18.6. The molecule has 0 unspecified atom stereocenters. The molecular formula is C18H18F2N6. The molecule has 26 heavy (non-hydrogen) atoms. The first-order valence-electron chi connectivity index (χ1n) is 8.10. The number of hydrogen-bond acceptors (Lipinski definition) is 6. The lowest BCUT2D eigenvalue weighted by molar-refractivity contribution is -0.00917. The van der Waals surface area contributed by atoms with E-state index in [9.17, 15) is 8.78 Å². The normalized spacial score (nSPS) is 11.3. The summed E-state index contributed by atoms with van der Waals surface area (Å²) in [5.41, 5.74) is 6.84. The summed E-state index contributed by atoms with van der Waals surface area (Å²) in [4.78, 5) is 16.5. The van der Waals surface area contributed by atoms with Crippen LogP contribution < -0.4 is 11.1 Å². The predicted molar refractivity (Wildman–Crippen MR) is 95.4 cm³/mol. The van der Waals surface area contributed by atoms with Gasteiger partial charge in [0.05, 0.1) is 5.56 Å². The molecule has 0 bridgehead atoms. The van der Waals surface area contributed by atoms with E-state index in [1.54, 1.807) is 30.6 Å². The summed E-state index contributed by atoms with van der Waals surface area (Å²) in [6, 6.07) is 6.51. The maximum absolute atomic E-state index is 14.1. The lowest BCUT2D eigenvalue weighted by Gasteiger charge is -2.18. The highest BCUT2D eigenvalue weighted by atomic mass is 19.3. The number of anilines is 2. The van der Waals surface area contributed by atoms with Gasteiger partial charge in [0.25, 0.3) is 5.92 Å². The lowest BCUT2D eigenvalue weighted by atomic mass is 10.0. The maximum Gasteiger partial charge on any atom is 0.273 e. The third-order valence-corrected chi connectivity index (χ3v) is 3.94. The van der Waals surface area contributed by atoms with Gasteiger partial charge in [0.15, 0.2) is 5.82 Å². The molecule has 0 aromatic carbocycles. The highest BCUT2D eigenvalue weighted by Crippen LogP contribution is 2.33. The van der Waals surface area contributed by atoms with Gasteiger partial charge >= 0.3 is 0 Å². The topological polar surface area (TPSA) is 89.6 Å². The Morgan fingerprint density at radius 1 is 1.12 bits per heavy atom. The fourth-order valence-corrected chi connectivity index (χ4v) is 2.49. The molecule has 8 heteroatoms. The third-order valence-electron chi connectivity index (χ3n) is 3.94. The minimum absolute atomic E-state index is 0.0340. The molecule has 0 radical (unpaired) electrons. The number of nitrogens with zero attached hydrogens (tertiary/aromatic N) is 4. The molecular weight excluding hydrogens is 338 g/mol. The van der Waals surface area contributed by atoms with Crippen molar-refractivity contribution in [1.29, 1.82) is 0 Å². The van der Waals surface area contributed by atoms with E-state index in [0.29, 0.717) is 28.6 Å². The van der Waals surface area contributed by atoms with Gasteiger partial charge in [-0.25, -0.2) is 23.7 Å². The molecule has 6 nitrogen and oxygen atoms in total. The largest absolute Gasteiger partial charge is 0.383 e.